The van der Waals surface area contributed by atoms with E-state index in [2.05, 4.69) is 22.0 Å². The zero-order valence-electron chi connectivity index (χ0n) is 12.1. The first-order chi connectivity index (χ1) is 8.93. The van der Waals surface area contributed by atoms with Crippen molar-refractivity contribution < 1.29 is 14.7 Å². The highest BCUT2D eigenvalue weighted by atomic mass is 16.4. The molecular weight excluding hydrogens is 246 g/mol. The van der Waals surface area contributed by atoms with Crippen LogP contribution in [0.4, 0.5) is 0 Å². The first kappa shape index (κ1) is 15.9. The van der Waals surface area contributed by atoms with Crippen molar-refractivity contribution in [1.82, 2.24) is 15.1 Å². The van der Waals surface area contributed by atoms with Crippen molar-refractivity contribution >= 4 is 11.9 Å². The largest absolute Gasteiger partial charge is 0.480 e. The third-order valence-electron chi connectivity index (χ3n) is 3.53. The van der Waals surface area contributed by atoms with Gasteiger partial charge in [0.1, 0.15) is 6.04 Å². The predicted octanol–water partition coefficient (Wildman–Crippen LogP) is -0.151. The lowest BCUT2D eigenvalue weighted by Gasteiger charge is -2.33. The van der Waals surface area contributed by atoms with E-state index in [0.717, 1.165) is 32.7 Å². The summed E-state index contributed by atoms with van der Waals surface area (Å²) in [6.45, 7) is 10.7. The average Bonchev–Trinajstić information content (AvgIpc) is 2.36. The van der Waals surface area contributed by atoms with Crippen LogP contribution in [-0.2, 0) is 9.59 Å². The van der Waals surface area contributed by atoms with E-state index >= 15 is 0 Å². The van der Waals surface area contributed by atoms with Gasteiger partial charge in [-0.15, -0.1) is 0 Å². The molecule has 0 aromatic heterocycles. The van der Waals surface area contributed by atoms with Crippen LogP contribution in [0.3, 0.4) is 0 Å². The second kappa shape index (κ2) is 7.45. The molecule has 6 nitrogen and oxygen atoms in total. The second-order valence-electron chi connectivity index (χ2n) is 5.34. The van der Waals surface area contributed by atoms with Crippen LogP contribution in [0.1, 0.15) is 20.8 Å². The molecule has 0 aromatic carbocycles. The summed E-state index contributed by atoms with van der Waals surface area (Å²) in [6, 6.07) is -0.801. The lowest BCUT2D eigenvalue weighted by atomic mass is 10.0. The molecule has 1 fully saturated rings. The minimum atomic E-state index is -0.973. The van der Waals surface area contributed by atoms with Gasteiger partial charge < -0.3 is 15.3 Å². The van der Waals surface area contributed by atoms with Crippen molar-refractivity contribution in [2.75, 3.05) is 39.3 Å². The molecule has 2 N–H and O–H groups in total. The smallest absolute Gasteiger partial charge is 0.326 e. The second-order valence-corrected chi connectivity index (χ2v) is 5.34. The van der Waals surface area contributed by atoms with Crippen LogP contribution in [0.2, 0.25) is 0 Å². The zero-order valence-corrected chi connectivity index (χ0v) is 12.1. The van der Waals surface area contributed by atoms with Gasteiger partial charge in [-0.3, -0.25) is 9.69 Å². The quantitative estimate of drug-likeness (QED) is 0.703. The Kier molecular flexibility index (Phi) is 6.24. The Morgan fingerprint density at radius 2 is 1.68 bits per heavy atom. The van der Waals surface area contributed by atoms with Crippen LogP contribution in [0.5, 0.6) is 0 Å². The summed E-state index contributed by atoms with van der Waals surface area (Å²) in [6.07, 6.45) is 0. The van der Waals surface area contributed by atoms with Crippen LogP contribution in [0.25, 0.3) is 0 Å². The maximum absolute atomic E-state index is 11.9. The van der Waals surface area contributed by atoms with E-state index in [-0.39, 0.29) is 18.4 Å². The van der Waals surface area contributed by atoms with Crippen LogP contribution in [-0.4, -0.2) is 72.1 Å². The molecule has 110 valence electrons. The van der Waals surface area contributed by atoms with Gasteiger partial charge >= 0.3 is 5.97 Å². The third kappa shape index (κ3) is 5.16. The van der Waals surface area contributed by atoms with Crippen LogP contribution < -0.4 is 5.32 Å². The zero-order chi connectivity index (χ0) is 14.4. The third-order valence-corrected chi connectivity index (χ3v) is 3.53. The summed E-state index contributed by atoms with van der Waals surface area (Å²) < 4.78 is 0. The summed E-state index contributed by atoms with van der Waals surface area (Å²) in [5.74, 6) is -1.29. The van der Waals surface area contributed by atoms with Gasteiger partial charge in [0.25, 0.3) is 0 Å². The number of carbonyl (C=O) groups excluding carboxylic acids is 1. The van der Waals surface area contributed by atoms with Crippen molar-refractivity contribution in [3.05, 3.63) is 0 Å². The molecule has 0 radical (unpaired) electrons. The number of nitrogens with zero attached hydrogens (tertiary/aromatic N) is 2. The number of carbonyl (C=O) groups is 2. The van der Waals surface area contributed by atoms with E-state index < -0.39 is 12.0 Å². The first-order valence-corrected chi connectivity index (χ1v) is 6.91. The number of piperazine rings is 1. The van der Waals surface area contributed by atoms with Crippen LogP contribution in [0, 0.1) is 5.92 Å². The van der Waals surface area contributed by atoms with Gasteiger partial charge in [0.2, 0.25) is 5.91 Å². The Bertz CT molecular complexity index is 312. The minimum Gasteiger partial charge on any atom is -0.480 e. The molecule has 0 bridgehead atoms. The molecule has 19 heavy (non-hydrogen) atoms. The maximum atomic E-state index is 11.9. The summed E-state index contributed by atoms with van der Waals surface area (Å²) in [7, 11) is 0. The first-order valence-electron chi connectivity index (χ1n) is 6.91. The standard InChI is InChI=1S/C13H25N3O3/c1-4-15-5-7-16(8-6-15)9-11(17)14-12(10(2)3)13(18)19/h10,12H,4-9H2,1-3H3,(H,14,17)(H,18,19)/t12-/m0/s1. The van der Waals surface area contributed by atoms with Crippen molar-refractivity contribution in [1.29, 1.82) is 0 Å². The van der Waals surface area contributed by atoms with E-state index in [1.807, 2.05) is 0 Å². The number of hydrogen-bond acceptors (Lipinski definition) is 4. The van der Waals surface area contributed by atoms with E-state index in [4.69, 9.17) is 5.11 Å². The Balaban J connectivity index is 2.37. The number of carboxylic acids is 1. The van der Waals surface area contributed by atoms with Gasteiger partial charge in [-0.05, 0) is 12.5 Å². The van der Waals surface area contributed by atoms with Gasteiger partial charge in [0.05, 0.1) is 6.54 Å². The van der Waals surface area contributed by atoms with E-state index in [9.17, 15) is 9.59 Å². The molecule has 0 saturated carbocycles. The lowest BCUT2D eigenvalue weighted by molar-refractivity contribution is -0.143. The van der Waals surface area contributed by atoms with Gasteiger partial charge in [-0.25, -0.2) is 4.79 Å². The number of carboxylic acid groups (broad SMARTS) is 1. The van der Waals surface area contributed by atoms with Gasteiger partial charge in [-0.1, -0.05) is 20.8 Å². The molecule has 1 heterocycles. The lowest BCUT2D eigenvalue weighted by Crippen LogP contribution is -2.52. The Morgan fingerprint density at radius 3 is 2.11 bits per heavy atom. The SMILES string of the molecule is CCN1CCN(CC(=O)N[C@H](C(=O)O)C(C)C)CC1. The maximum Gasteiger partial charge on any atom is 0.326 e. The highest BCUT2D eigenvalue weighted by Crippen LogP contribution is 2.03. The number of aliphatic carboxylic acids is 1. The van der Waals surface area contributed by atoms with Crippen molar-refractivity contribution in [2.24, 2.45) is 5.92 Å². The van der Waals surface area contributed by atoms with Crippen molar-refractivity contribution in [3.63, 3.8) is 0 Å². The molecule has 0 aliphatic carbocycles. The summed E-state index contributed by atoms with van der Waals surface area (Å²) in [5, 5.41) is 11.6. The number of rotatable bonds is 6. The molecule has 1 aliphatic rings. The summed E-state index contributed by atoms with van der Waals surface area (Å²) in [5.41, 5.74) is 0. The molecule has 0 aromatic rings. The van der Waals surface area contributed by atoms with Crippen molar-refractivity contribution in [3.8, 4) is 0 Å². The molecule has 0 unspecified atom stereocenters. The normalized spacial score (nSPS) is 19.4. The Hall–Kier alpha value is -1.14. The number of nitrogens with one attached hydrogen (secondary N) is 1. The van der Waals surface area contributed by atoms with E-state index in [1.165, 1.54) is 0 Å². The molecule has 0 spiro atoms. The van der Waals surface area contributed by atoms with Crippen LogP contribution in [0.15, 0.2) is 0 Å². The fourth-order valence-electron chi connectivity index (χ4n) is 2.20. The van der Waals surface area contributed by atoms with Gasteiger partial charge in [0.15, 0.2) is 0 Å². The highest BCUT2D eigenvalue weighted by molar-refractivity contribution is 5.84. The Morgan fingerprint density at radius 1 is 1.16 bits per heavy atom. The van der Waals surface area contributed by atoms with E-state index in [0.29, 0.717) is 0 Å². The topological polar surface area (TPSA) is 72.9 Å². The number of likely N-dealkylation sites (N-methyl/N-ethyl adjacent to an activating group) is 1. The molecule has 1 saturated heterocycles. The summed E-state index contributed by atoms with van der Waals surface area (Å²) >= 11 is 0. The minimum absolute atomic E-state index is 0.113. The monoisotopic (exact) mass is 271 g/mol. The number of amides is 1. The molecule has 1 rings (SSSR count). The van der Waals surface area contributed by atoms with E-state index in [1.54, 1.807) is 13.8 Å². The molecule has 1 atom stereocenters. The van der Waals surface area contributed by atoms with Crippen molar-refractivity contribution in [2.45, 2.75) is 26.8 Å². The fraction of sp³-hybridized carbons (Fsp3) is 0.846. The molecule has 1 aliphatic heterocycles. The predicted molar refractivity (Wildman–Crippen MR) is 73.0 cm³/mol. The molecular formula is C13H25N3O3. The van der Waals surface area contributed by atoms with Gasteiger partial charge in [-0.2, -0.15) is 0 Å². The van der Waals surface area contributed by atoms with Crippen LogP contribution >= 0.6 is 0 Å². The molecule has 1 amide bonds. The molecule has 6 heteroatoms. The van der Waals surface area contributed by atoms with Gasteiger partial charge in [0, 0.05) is 26.2 Å². The average molecular weight is 271 g/mol. The fourth-order valence-corrected chi connectivity index (χ4v) is 2.20. The highest BCUT2D eigenvalue weighted by Gasteiger charge is 2.25. The number of hydrogen-bond donors (Lipinski definition) is 2. The summed E-state index contributed by atoms with van der Waals surface area (Å²) in [4.78, 5) is 27.3. The Labute approximate surface area is 114 Å².